The number of carbonyl (C=O) groups is 2. The molecule has 2 aromatic rings. The number of carbonyl (C=O) groups excluding carboxylic acids is 1. The Morgan fingerprint density at radius 3 is 2.76 bits per heavy atom. The standard InChI is InChI=1S/C18H21N3O4/c22-17(20-16(18(23)24)15-3-1-10-25-12-15)14-6-4-13(5-7-14)11-21-9-2-8-19-21/h2,4-9,15-16H,1,3,10-12H2,(H,20,22)(H,23,24). The molecule has 1 aromatic heterocycles. The fraction of sp³-hybridized carbons (Fsp3) is 0.389. The largest absolute Gasteiger partial charge is 0.480 e. The van der Waals surface area contributed by atoms with Crippen LogP contribution in [0.2, 0.25) is 0 Å². The number of nitrogens with one attached hydrogen (secondary N) is 1. The predicted octanol–water partition coefficient (Wildman–Crippen LogP) is 1.54. The Bertz CT molecular complexity index is 706. The van der Waals surface area contributed by atoms with Gasteiger partial charge in [0, 0.05) is 30.5 Å². The van der Waals surface area contributed by atoms with Crippen LogP contribution in [0.25, 0.3) is 0 Å². The third-order valence-electron chi connectivity index (χ3n) is 4.34. The van der Waals surface area contributed by atoms with Crippen LogP contribution in [0.15, 0.2) is 42.7 Å². The summed E-state index contributed by atoms with van der Waals surface area (Å²) in [6, 6.07) is 8.00. The van der Waals surface area contributed by atoms with Crippen LogP contribution < -0.4 is 5.32 Å². The zero-order chi connectivity index (χ0) is 17.6. The molecule has 0 saturated carbocycles. The number of carboxylic acid groups (broad SMARTS) is 1. The van der Waals surface area contributed by atoms with E-state index in [-0.39, 0.29) is 11.8 Å². The molecule has 1 saturated heterocycles. The van der Waals surface area contributed by atoms with Crippen molar-refractivity contribution >= 4 is 11.9 Å². The predicted molar refractivity (Wildman–Crippen MR) is 90.2 cm³/mol. The van der Waals surface area contributed by atoms with Gasteiger partial charge < -0.3 is 15.2 Å². The molecule has 25 heavy (non-hydrogen) atoms. The SMILES string of the molecule is O=C(NC(C(=O)O)C1CCCOC1)c1ccc(Cn2cccn2)cc1. The van der Waals surface area contributed by atoms with Crippen molar-refractivity contribution in [1.82, 2.24) is 15.1 Å². The van der Waals surface area contributed by atoms with Gasteiger partial charge in [-0.25, -0.2) is 4.79 Å². The highest BCUT2D eigenvalue weighted by molar-refractivity contribution is 5.96. The van der Waals surface area contributed by atoms with Gasteiger partial charge in [-0.2, -0.15) is 5.10 Å². The van der Waals surface area contributed by atoms with E-state index in [1.54, 1.807) is 23.0 Å². The number of amides is 1. The molecule has 0 radical (unpaired) electrons. The molecule has 0 bridgehead atoms. The number of aliphatic carboxylic acids is 1. The maximum atomic E-state index is 12.4. The Labute approximate surface area is 145 Å². The normalized spacial score (nSPS) is 18.5. The molecule has 132 valence electrons. The van der Waals surface area contributed by atoms with Crippen LogP contribution >= 0.6 is 0 Å². The van der Waals surface area contributed by atoms with Crippen LogP contribution in [0.3, 0.4) is 0 Å². The topological polar surface area (TPSA) is 93.5 Å². The van der Waals surface area contributed by atoms with E-state index in [0.29, 0.717) is 25.3 Å². The highest BCUT2D eigenvalue weighted by Gasteiger charge is 2.31. The first-order valence-electron chi connectivity index (χ1n) is 8.31. The number of hydrogen-bond acceptors (Lipinski definition) is 4. The summed E-state index contributed by atoms with van der Waals surface area (Å²) in [5.41, 5.74) is 1.45. The van der Waals surface area contributed by atoms with Crippen molar-refractivity contribution in [1.29, 1.82) is 0 Å². The maximum absolute atomic E-state index is 12.4. The molecule has 1 fully saturated rings. The van der Waals surface area contributed by atoms with Crippen LogP contribution in [0.4, 0.5) is 0 Å². The molecule has 1 aromatic carbocycles. The van der Waals surface area contributed by atoms with Crippen molar-refractivity contribution in [3.8, 4) is 0 Å². The molecule has 1 amide bonds. The minimum absolute atomic E-state index is 0.200. The molecule has 1 aliphatic heterocycles. The Balaban J connectivity index is 1.63. The Morgan fingerprint density at radius 2 is 2.16 bits per heavy atom. The van der Waals surface area contributed by atoms with E-state index in [4.69, 9.17) is 4.74 Å². The number of nitrogens with zero attached hydrogens (tertiary/aromatic N) is 2. The van der Waals surface area contributed by atoms with E-state index >= 15 is 0 Å². The maximum Gasteiger partial charge on any atom is 0.326 e. The average Bonchev–Trinajstić information content (AvgIpc) is 3.13. The van der Waals surface area contributed by atoms with Gasteiger partial charge in [0.2, 0.25) is 0 Å². The van der Waals surface area contributed by atoms with Gasteiger partial charge in [-0.15, -0.1) is 0 Å². The van der Waals surface area contributed by atoms with Gasteiger partial charge in [-0.05, 0) is 36.6 Å². The van der Waals surface area contributed by atoms with Crippen LogP contribution in [0.1, 0.15) is 28.8 Å². The van der Waals surface area contributed by atoms with Gasteiger partial charge >= 0.3 is 5.97 Å². The molecule has 3 rings (SSSR count). The van der Waals surface area contributed by atoms with Crippen molar-refractivity contribution in [2.75, 3.05) is 13.2 Å². The lowest BCUT2D eigenvalue weighted by atomic mass is 9.93. The molecule has 2 unspecified atom stereocenters. The number of benzene rings is 1. The van der Waals surface area contributed by atoms with Gasteiger partial charge in [-0.3, -0.25) is 9.48 Å². The second-order valence-electron chi connectivity index (χ2n) is 6.17. The lowest BCUT2D eigenvalue weighted by Crippen LogP contribution is -2.48. The van der Waals surface area contributed by atoms with Crippen molar-refractivity contribution in [3.05, 3.63) is 53.9 Å². The third-order valence-corrected chi connectivity index (χ3v) is 4.34. The highest BCUT2D eigenvalue weighted by atomic mass is 16.5. The highest BCUT2D eigenvalue weighted by Crippen LogP contribution is 2.18. The summed E-state index contributed by atoms with van der Waals surface area (Å²) in [4.78, 5) is 23.9. The summed E-state index contributed by atoms with van der Waals surface area (Å²) < 4.78 is 7.13. The smallest absolute Gasteiger partial charge is 0.326 e. The molecule has 2 N–H and O–H groups in total. The minimum Gasteiger partial charge on any atom is -0.480 e. The van der Waals surface area contributed by atoms with Crippen molar-refractivity contribution in [2.45, 2.75) is 25.4 Å². The number of hydrogen-bond donors (Lipinski definition) is 2. The first kappa shape index (κ1) is 17.2. The van der Waals surface area contributed by atoms with E-state index in [1.165, 1.54) is 0 Å². The van der Waals surface area contributed by atoms with Gasteiger partial charge in [0.1, 0.15) is 6.04 Å². The molecule has 7 nitrogen and oxygen atoms in total. The first-order valence-corrected chi connectivity index (χ1v) is 8.31. The van der Waals surface area contributed by atoms with Crippen molar-refractivity contribution in [3.63, 3.8) is 0 Å². The fourth-order valence-electron chi connectivity index (χ4n) is 2.98. The van der Waals surface area contributed by atoms with Gasteiger partial charge in [-0.1, -0.05) is 12.1 Å². The molecule has 7 heteroatoms. The van der Waals surface area contributed by atoms with E-state index in [9.17, 15) is 14.7 Å². The number of rotatable bonds is 6. The van der Waals surface area contributed by atoms with Crippen LogP contribution in [0, 0.1) is 5.92 Å². The molecule has 2 heterocycles. The van der Waals surface area contributed by atoms with Gasteiger partial charge in [0.05, 0.1) is 13.2 Å². The Hall–Kier alpha value is -2.67. The zero-order valence-corrected chi connectivity index (χ0v) is 13.8. The molecule has 2 atom stereocenters. The number of carboxylic acids is 1. The summed E-state index contributed by atoms with van der Waals surface area (Å²) >= 11 is 0. The second kappa shape index (κ2) is 7.94. The van der Waals surface area contributed by atoms with E-state index < -0.39 is 12.0 Å². The zero-order valence-electron chi connectivity index (χ0n) is 13.8. The molecule has 0 aliphatic carbocycles. The van der Waals surface area contributed by atoms with Gasteiger partial charge in [0.15, 0.2) is 0 Å². The first-order chi connectivity index (χ1) is 12.1. The third kappa shape index (κ3) is 4.45. The van der Waals surface area contributed by atoms with Crippen molar-refractivity contribution < 1.29 is 19.4 Å². The van der Waals surface area contributed by atoms with Crippen LogP contribution in [-0.2, 0) is 16.1 Å². The summed E-state index contributed by atoms with van der Waals surface area (Å²) in [6.45, 7) is 1.63. The van der Waals surface area contributed by atoms with E-state index in [0.717, 1.165) is 18.4 Å². The summed E-state index contributed by atoms with van der Waals surface area (Å²) in [6.07, 6.45) is 5.12. The Kier molecular flexibility index (Phi) is 5.45. The fourth-order valence-corrected chi connectivity index (χ4v) is 2.98. The second-order valence-corrected chi connectivity index (χ2v) is 6.17. The quantitative estimate of drug-likeness (QED) is 0.830. The molecular formula is C18H21N3O4. The van der Waals surface area contributed by atoms with Crippen LogP contribution in [0.5, 0.6) is 0 Å². The molecule has 1 aliphatic rings. The van der Waals surface area contributed by atoms with Crippen LogP contribution in [-0.4, -0.2) is 46.0 Å². The minimum atomic E-state index is -1.03. The average molecular weight is 343 g/mol. The Morgan fingerprint density at radius 1 is 1.36 bits per heavy atom. The summed E-state index contributed by atoms with van der Waals surface area (Å²) in [5.74, 6) is -1.61. The van der Waals surface area contributed by atoms with Crippen molar-refractivity contribution in [2.24, 2.45) is 5.92 Å². The summed E-state index contributed by atoms with van der Waals surface area (Å²) in [5, 5.41) is 16.2. The summed E-state index contributed by atoms with van der Waals surface area (Å²) in [7, 11) is 0. The lowest BCUT2D eigenvalue weighted by Gasteiger charge is -2.28. The monoisotopic (exact) mass is 343 g/mol. The lowest BCUT2D eigenvalue weighted by molar-refractivity contribution is -0.142. The van der Waals surface area contributed by atoms with E-state index in [2.05, 4.69) is 10.4 Å². The van der Waals surface area contributed by atoms with E-state index in [1.807, 2.05) is 24.4 Å². The molecule has 0 spiro atoms. The molecular weight excluding hydrogens is 322 g/mol. The van der Waals surface area contributed by atoms with Gasteiger partial charge in [0.25, 0.3) is 5.91 Å². The number of ether oxygens (including phenoxy) is 1. The number of aromatic nitrogens is 2.